The average Bonchev–Trinajstić information content (AvgIpc) is 1.55. The summed E-state index contributed by atoms with van der Waals surface area (Å²) in [7, 11) is 0. The molecule has 2 aliphatic carbocycles. The minimum Gasteiger partial charge on any atom is -0.508 e. The topological polar surface area (TPSA) is 243 Å². The van der Waals surface area contributed by atoms with Gasteiger partial charge < -0.3 is 61.3 Å². The van der Waals surface area contributed by atoms with Crippen LogP contribution >= 0.6 is 0 Å². The first kappa shape index (κ1) is 95.9. The van der Waals surface area contributed by atoms with Gasteiger partial charge in [0.2, 0.25) is 0 Å². The van der Waals surface area contributed by atoms with Crippen molar-refractivity contribution in [1.82, 2.24) is 0 Å². The van der Waals surface area contributed by atoms with E-state index < -0.39 is 21.7 Å². The van der Waals surface area contributed by atoms with Gasteiger partial charge in [0.25, 0.3) is 0 Å². The second-order valence-corrected chi connectivity index (χ2v) is 38.9. The number of fused-ring (bicyclic) bond motifs is 3. The molecule has 19 rings (SSSR count). The second kappa shape index (κ2) is 39.9. The van der Waals surface area contributed by atoms with E-state index in [2.05, 4.69) is 191 Å². The molecule has 0 heterocycles. The molecule has 12 N–H and O–H groups in total. The summed E-state index contributed by atoms with van der Waals surface area (Å²) in [6.07, 6.45) is 5.90. The fraction of sp³-hybridized carbons (Fsp3) is 0.184. The van der Waals surface area contributed by atoms with E-state index in [9.17, 15) is 61.3 Å². The summed E-state index contributed by atoms with van der Waals surface area (Å²) in [4.78, 5) is 0. The van der Waals surface area contributed by atoms with Crippen molar-refractivity contribution in [2.24, 2.45) is 0 Å². The van der Waals surface area contributed by atoms with Crippen molar-refractivity contribution >= 4 is 0 Å². The van der Waals surface area contributed by atoms with Crippen LogP contribution in [0.5, 0.6) is 69.0 Å². The predicted molar refractivity (Wildman–Crippen MR) is 551 cm³/mol. The van der Waals surface area contributed by atoms with Gasteiger partial charge in [0, 0.05) is 21.7 Å². The highest BCUT2D eigenvalue weighted by atomic mass is 16.3. The molecule has 0 saturated heterocycles. The predicted octanol–water partition coefficient (Wildman–Crippen LogP) is 28.5. The highest BCUT2D eigenvalue weighted by Crippen LogP contribution is 2.58. The Labute approximate surface area is 804 Å². The minimum absolute atomic E-state index is 0.0559. The van der Waals surface area contributed by atoms with E-state index in [0.29, 0.717) is 11.5 Å². The number of aromatic hydroxyl groups is 12. The van der Waals surface area contributed by atoms with Crippen LogP contribution in [0.2, 0.25) is 0 Å². The maximum Gasteiger partial charge on any atom is 0.119 e. The molecule has 12 nitrogen and oxygen atoms in total. The Morgan fingerprint density at radius 2 is 0.409 bits per heavy atom. The third-order valence-electron chi connectivity index (χ3n) is 28.0. The lowest BCUT2D eigenvalue weighted by Gasteiger charge is -2.40. The fourth-order valence-corrected chi connectivity index (χ4v) is 20.3. The molecule has 0 atom stereocenters. The van der Waals surface area contributed by atoms with Crippen LogP contribution in [-0.4, -0.2) is 61.3 Å². The summed E-state index contributed by atoms with van der Waals surface area (Å²) in [5, 5.41) is 118. The van der Waals surface area contributed by atoms with Crippen LogP contribution in [-0.2, 0) is 43.3 Å². The highest BCUT2D eigenvalue weighted by molar-refractivity contribution is 5.86. The number of phenols is 12. The maximum absolute atomic E-state index is 10.5. The van der Waals surface area contributed by atoms with Crippen molar-refractivity contribution in [3.05, 3.63) is 524 Å². The molecule has 0 radical (unpaired) electrons. The summed E-state index contributed by atoms with van der Waals surface area (Å²) in [5.41, 5.74) is 22.0. The van der Waals surface area contributed by atoms with Crippen LogP contribution in [0, 0.1) is 0 Å². The first-order chi connectivity index (χ1) is 65.6. The normalized spacial score (nSPS) is 13.2. The molecule has 1 saturated carbocycles. The summed E-state index contributed by atoms with van der Waals surface area (Å²) >= 11 is 0. The van der Waals surface area contributed by atoms with Crippen LogP contribution in [0.3, 0.4) is 0 Å². The lowest BCUT2D eigenvalue weighted by Crippen LogP contribution is -2.31. The Hall–Kier alpha value is -15.7. The molecular formula is C125H120O12. The van der Waals surface area contributed by atoms with Crippen LogP contribution in [0.25, 0.3) is 11.1 Å². The van der Waals surface area contributed by atoms with Crippen LogP contribution < -0.4 is 0 Å². The minimum atomic E-state index is -0.566. The molecule has 0 aliphatic heterocycles. The summed E-state index contributed by atoms with van der Waals surface area (Å²) in [6, 6.07) is 131. The summed E-state index contributed by atoms with van der Waals surface area (Å²) in [5.74, 6) is 3.09. The fourth-order valence-electron chi connectivity index (χ4n) is 20.3. The Morgan fingerprint density at radius 1 is 0.197 bits per heavy atom. The molecule has 0 unspecified atom stereocenters. The lowest BCUT2D eigenvalue weighted by molar-refractivity contribution is 0.343. The van der Waals surface area contributed by atoms with Crippen LogP contribution in [0.4, 0.5) is 0 Å². The molecule has 137 heavy (non-hydrogen) atoms. The Balaban J connectivity index is 0.000000130. The van der Waals surface area contributed by atoms with Crippen molar-refractivity contribution in [3.63, 3.8) is 0 Å². The van der Waals surface area contributed by atoms with Gasteiger partial charge in [-0.25, -0.2) is 0 Å². The van der Waals surface area contributed by atoms with Crippen LogP contribution in [0.15, 0.2) is 413 Å². The quantitative estimate of drug-likeness (QED) is 0.0404. The van der Waals surface area contributed by atoms with E-state index in [4.69, 9.17) is 0 Å². The van der Waals surface area contributed by atoms with E-state index in [-0.39, 0.29) is 79.2 Å². The first-order valence-electron chi connectivity index (χ1n) is 46.6. The van der Waals surface area contributed by atoms with E-state index in [1.54, 1.807) is 121 Å². The molecule has 17 aromatic rings. The van der Waals surface area contributed by atoms with Gasteiger partial charge in [-0.2, -0.15) is 0 Å². The Kier molecular flexibility index (Phi) is 27.9. The molecule has 0 spiro atoms. The lowest BCUT2D eigenvalue weighted by atomic mass is 9.64. The zero-order chi connectivity index (χ0) is 97.2. The Morgan fingerprint density at radius 3 is 0.679 bits per heavy atom. The van der Waals surface area contributed by atoms with E-state index in [0.717, 1.165) is 96.3 Å². The molecule has 1 fully saturated rings. The van der Waals surface area contributed by atoms with Gasteiger partial charge in [-0.3, -0.25) is 0 Å². The third-order valence-corrected chi connectivity index (χ3v) is 28.0. The zero-order valence-electron chi connectivity index (χ0n) is 79.2. The first-order valence-corrected chi connectivity index (χ1v) is 46.6. The van der Waals surface area contributed by atoms with E-state index >= 15 is 0 Å². The van der Waals surface area contributed by atoms with Gasteiger partial charge in [0.1, 0.15) is 69.0 Å². The molecule has 12 heteroatoms. The zero-order valence-corrected chi connectivity index (χ0v) is 79.2. The van der Waals surface area contributed by atoms with Crippen LogP contribution in [0.1, 0.15) is 213 Å². The number of phenolic OH excluding ortho intramolecular Hbond substituents is 12. The summed E-state index contributed by atoms with van der Waals surface area (Å²) in [6.45, 7) is 21.5. The number of hydrogen-bond donors (Lipinski definition) is 12. The molecule has 2 aliphatic rings. The highest BCUT2D eigenvalue weighted by Gasteiger charge is 2.47. The number of benzene rings is 17. The van der Waals surface area contributed by atoms with E-state index in [1.165, 1.54) is 58.2 Å². The maximum atomic E-state index is 10.5. The summed E-state index contributed by atoms with van der Waals surface area (Å²) < 4.78 is 0. The third kappa shape index (κ3) is 19.7. The van der Waals surface area contributed by atoms with Crippen molar-refractivity contribution in [2.75, 3.05) is 0 Å². The van der Waals surface area contributed by atoms with E-state index in [1.807, 2.05) is 170 Å². The molecule has 0 aromatic heterocycles. The number of rotatable bonds is 16. The molecule has 17 aromatic carbocycles. The molecule has 0 bridgehead atoms. The van der Waals surface area contributed by atoms with Gasteiger partial charge in [0.15, 0.2) is 0 Å². The van der Waals surface area contributed by atoms with Crippen molar-refractivity contribution in [3.8, 4) is 80.1 Å². The van der Waals surface area contributed by atoms with Crippen molar-refractivity contribution < 1.29 is 61.3 Å². The molecule has 692 valence electrons. The molecule has 0 amide bonds. The Bertz CT molecular complexity index is 6410. The van der Waals surface area contributed by atoms with Crippen molar-refractivity contribution in [1.29, 1.82) is 0 Å². The second-order valence-electron chi connectivity index (χ2n) is 38.9. The molecular weight excluding hydrogens is 1690 g/mol. The monoisotopic (exact) mass is 1810 g/mol. The standard InChI is InChI=1S/C29H28O3.C26H36O2.C25H18O2.C25H20O2.C20H18O3/c1-28(2,21-8-14-25(30)15-9-21)20-4-6-22(7-5-20)29(3,23-10-16-26(31)17-11-23)24-12-18-27(32)19-13-24;1-24(2,3)20-16-18(10-12-22(20)27)26(14-8-7-9-15-26)19-11-13-23(28)21(17-19)25(4,5)6;26-19-13-9-17(10-14-19)25(18-11-15-20(27)16-12-18)23-7-3-1-5-21(23)22-6-2-4-8-24(22)25;26-23-15-11-21(12-16-23)25(19-7-3-1-4-8-19,20-9-5-2-6-10-20)22-13-17-24(27)18-14-22;1-20(14-2-8-17(21)9-3-14,15-4-10-18(22)11-5-15)16-6-12-19(23)13-7-16/h4-19,30-32H,1-3H3;10-13,16-17,27-28H,7-9,14-15H2,1-6H3;1-16,26-27H;1-18,26-27H;2-13,21-23H,1H3. The largest absolute Gasteiger partial charge is 0.508 e. The van der Waals surface area contributed by atoms with Gasteiger partial charge in [-0.15, -0.1) is 0 Å². The average molecular weight is 1810 g/mol. The number of hydrogen-bond acceptors (Lipinski definition) is 12. The smallest absolute Gasteiger partial charge is 0.119 e. The van der Waals surface area contributed by atoms with Gasteiger partial charge in [-0.05, 0) is 293 Å². The SMILES string of the molecule is CC(C)(C)c1cc(C2(c3ccc(O)c(C(C)(C)C)c3)CCCCC2)ccc1O.CC(C)(c1ccc(O)cc1)c1ccc(C(C)(c2ccc(O)cc2)c2ccc(O)cc2)cc1.CC(c1ccc(O)cc1)(c1ccc(O)cc1)c1ccc(O)cc1.Oc1ccc(C(c2ccccc2)(c2ccccc2)c2ccc(O)cc2)cc1.Oc1ccc(C2(c3ccc(O)cc3)c3ccccc3-c3ccccc32)cc1. The van der Waals surface area contributed by atoms with Gasteiger partial charge >= 0.3 is 0 Å². The van der Waals surface area contributed by atoms with Gasteiger partial charge in [0.05, 0.1) is 10.8 Å². The van der Waals surface area contributed by atoms with Crippen molar-refractivity contribution in [2.45, 2.75) is 145 Å². The van der Waals surface area contributed by atoms with Gasteiger partial charge in [-0.1, -0.05) is 354 Å².